The highest BCUT2D eigenvalue weighted by atomic mass is 16.5. The molecule has 1 aromatic heterocycles. The molecule has 0 amide bonds. The van der Waals surface area contributed by atoms with E-state index in [1.165, 1.54) is 5.56 Å². The molecule has 8 aromatic carbocycles. The first kappa shape index (κ1) is 33.5. The molecule has 58 heavy (non-hydrogen) atoms. The largest absolute Gasteiger partial charge is 0.457 e. The van der Waals surface area contributed by atoms with Crippen LogP contribution in [0.5, 0.6) is 11.5 Å². The van der Waals surface area contributed by atoms with E-state index in [0.717, 1.165) is 89.6 Å². The molecule has 4 nitrogen and oxygen atoms in total. The Morgan fingerprint density at radius 1 is 0.379 bits per heavy atom. The van der Waals surface area contributed by atoms with E-state index in [2.05, 4.69) is 146 Å². The van der Waals surface area contributed by atoms with Crippen LogP contribution >= 0.6 is 0 Å². The second-order valence-electron chi connectivity index (χ2n) is 14.8. The van der Waals surface area contributed by atoms with Gasteiger partial charge in [-0.05, 0) is 80.9 Å². The number of aromatic nitrogens is 2. The van der Waals surface area contributed by atoms with Crippen molar-refractivity contribution in [3.05, 3.63) is 228 Å². The fraction of sp³-hybridized carbons (Fsp3) is 0.0185. The van der Waals surface area contributed by atoms with Crippen molar-refractivity contribution in [1.29, 1.82) is 5.26 Å². The fourth-order valence-corrected chi connectivity index (χ4v) is 8.98. The second kappa shape index (κ2) is 13.4. The maximum absolute atomic E-state index is 10.1. The van der Waals surface area contributed by atoms with Crippen LogP contribution in [0.4, 0.5) is 0 Å². The lowest BCUT2D eigenvalue weighted by atomic mass is 9.65. The minimum Gasteiger partial charge on any atom is -0.457 e. The Bertz CT molecular complexity index is 3050. The van der Waals surface area contributed by atoms with Crippen LogP contribution in [0.1, 0.15) is 27.8 Å². The topological polar surface area (TPSA) is 58.8 Å². The van der Waals surface area contributed by atoms with E-state index in [0.29, 0.717) is 11.4 Å². The quantitative estimate of drug-likeness (QED) is 0.176. The van der Waals surface area contributed by atoms with Gasteiger partial charge in [0.2, 0.25) is 0 Å². The zero-order chi connectivity index (χ0) is 38.6. The molecule has 0 bridgehead atoms. The molecule has 0 radical (unpaired) electrons. The Kier molecular flexibility index (Phi) is 7.74. The van der Waals surface area contributed by atoms with E-state index in [9.17, 15) is 5.26 Å². The smallest absolute Gasteiger partial charge is 0.160 e. The Hall–Kier alpha value is -7.87. The third-order valence-electron chi connectivity index (χ3n) is 11.6. The number of rotatable bonds is 5. The van der Waals surface area contributed by atoms with Gasteiger partial charge in [0.15, 0.2) is 5.82 Å². The molecule has 1 spiro atoms. The van der Waals surface area contributed by atoms with Crippen molar-refractivity contribution in [2.75, 3.05) is 0 Å². The highest BCUT2D eigenvalue weighted by Crippen LogP contribution is 2.62. The molecule has 11 rings (SSSR count). The molecule has 0 fully saturated rings. The van der Waals surface area contributed by atoms with E-state index in [4.69, 9.17) is 14.7 Å². The molecule has 0 atom stereocenters. The van der Waals surface area contributed by atoms with Crippen molar-refractivity contribution in [1.82, 2.24) is 9.97 Å². The monoisotopic (exact) mass is 739 g/mol. The first-order valence-corrected chi connectivity index (χ1v) is 19.5. The summed E-state index contributed by atoms with van der Waals surface area (Å²) in [4.78, 5) is 10.4. The van der Waals surface area contributed by atoms with Crippen molar-refractivity contribution in [3.8, 4) is 84.9 Å². The summed E-state index contributed by atoms with van der Waals surface area (Å²) in [5.41, 5.74) is 15.6. The lowest BCUT2D eigenvalue weighted by molar-refractivity contribution is 0.436. The molecule has 0 unspecified atom stereocenters. The molecule has 2 heterocycles. The number of fused-ring (bicyclic) bond motifs is 9. The van der Waals surface area contributed by atoms with Crippen LogP contribution in [0.3, 0.4) is 0 Å². The van der Waals surface area contributed by atoms with Gasteiger partial charge in [-0.3, -0.25) is 0 Å². The Labute approximate surface area is 337 Å². The number of ether oxygens (including phenoxy) is 1. The zero-order valence-corrected chi connectivity index (χ0v) is 31.3. The second-order valence-corrected chi connectivity index (χ2v) is 14.8. The zero-order valence-electron chi connectivity index (χ0n) is 31.3. The molecule has 1 aliphatic heterocycles. The van der Waals surface area contributed by atoms with Crippen LogP contribution < -0.4 is 4.74 Å². The summed E-state index contributed by atoms with van der Waals surface area (Å²) in [7, 11) is 0. The summed E-state index contributed by atoms with van der Waals surface area (Å²) in [5.74, 6) is 2.31. The predicted molar refractivity (Wildman–Crippen MR) is 231 cm³/mol. The standard InChI is InChI=1S/C54H33N3O/c55-34-41-17-7-8-18-42(41)39-27-29-43-44-30-28-40(32-48(44)54(47(43)31-39)45-19-9-11-21-51(45)58-52-22-12-10-20-46(52)54)50-33-49(56-53(57-50)38-15-5-2-6-16-38)37-25-23-36(24-26-37)35-13-3-1-4-14-35/h1-33H. The van der Waals surface area contributed by atoms with E-state index >= 15 is 0 Å². The van der Waals surface area contributed by atoms with Crippen molar-refractivity contribution >= 4 is 0 Å². The average molecular weight is 740 g/mol. The van der Waals surface area contributed by atoms with E-state index < -0.39 is 5.41 Å². The highest BCUT2D eigenvalue weighted by Gasteiger charge is 2.51. The number of nitriles is 1. The molecule has 0 saturated heterocycles. The minimum atomic E-state index is -0.713. The molecule has 1 aliphatic carbocycles. The van der Waals surface area contributed by atoms with Crippen LogP contribution in [0.2, 0.25) is 0 Å². The van der Waals surface area contributed by atoms with Gasteiger partial charge in [0, 0.05) is 27.8 Å². The number of para-hydroxylation sites is 2. The number of hydrogen-bond acceptors (Lipinski definition) is 4. The van der Waals surface area contributed by atoms with E-state index in [1.54, 1.807) is 0 Å². The molecule has 0 N–H and O–H groups in total. The summed E-state index contributed by atoms with van der Waals surface area (Å²) >= 11 is 0. The van der Waals surface area contributed by atoms with Crippen LogP contribution in [0.15, 0.2) is 200 Å². The van der Waals surface area contributed by atoms with Crippen LogP contribution in [-0.4, -0.2) is 9.97 Å². The average Bonchev–Trinajstić information content (AvgIpc) is 3.58. The molecular weight excluding hydrogens is 707 g/mol. The Morgan fingerprint density at radius 3 is 1.52 bits per heavy atom. The van der Waals surface area contributed by atoms with Gasteiger partial charge in [-0.15, -0.1) is 0 Å². The molecule has 4 heteroatoms. The SMILES string of the molecule is N#Cc1ccccc1-c1ccc2c(c1)C1(c3ccccc3Oc3ccccc31)c1cc(-c3cc(-c4ccc(-c5ccccc5)cc4)nc(-c4ccccc4)n3)ccc1-2. The molecule has 270 valence electrons. The van der Waals surface area contributed by atoms with Gasteiger partial charge >= 0.3 is 0 Å². The summed E-state index contributed by atoms with van der Waals surface area (Å²) in [6.07, 6.45) is 0. The van der Waals surface area contributed by atoms with Crippen LogP contribution in [0.25, 0.3) is 67.3 Å². The third-order valence-corrected chi connectivity index (χ3v) is 11.6. The van der Waals surface area contributed by atoms with Gasteiger partial charge in [0.1, 0.15) is 11.5 Å². The first-order chi connectivity index (χ1) is 28.7. The summed E-state index contributed by atoms with van der Waals surface area (Å²) in [6, 6.07) is 71.8. The normalized spacial score (nSPS) is 12.7. The molecular formula is C54H33N3O. The number of hydrogen-bond donors (Lipinski definition) is 0. The van der Waals surface area contributed by atoms with Gasteiger partial charge < -0.3 is 4.74 Å². The minimum absolute atomic E-state index is 0.644. The Balaban J connectivity index is 1.14. The van der Waals surface area contributed by atoms with Gasteiger partial charge in [-0.1, -0.05) is 164 Å². The maximum Gasteiger partial charge on any atom is 0.160 e. The van der Waals surface area contributed by atoms with Crippen LogP contribution in [0, 0.1) is 11.3 Å². The maximum atomic E-state index is 10.1. The summed E-state index contributed by atoms with van der Waals surface area (Å²) in [5, 5.41) is 10.1. The van der Waals surface area contributed by atoms with Crippen LogP contribution in [-0.2, 0) is 5.41 Å². The summed E-state index contributed by atoms with van der Waals surface area (Å²) in [6.45, 7) is 0. The van der Waals surface area contributed by atoms with E-state index in [-0.39, 0.29) is 0 Å². The molecule has 2 aliphatic rings. The van der Waals surface area contributed by atoms with Crippen molar-refractivity contribution in [2.24, 2.45) is 0 Å². The van der Waals surface area contributed by atoms with Gasteiger partial charge in [-0.2, -0.15) is 5.26 Å². The summed E-state index contributed by atoms with van der Waals surface area (Å²) < 4.78 is 6.66. The third kappa shape index (κ3) is 5.22. The Morgan fingerprint density at radius 2 is 0.862 bits per heavy atom. The van der Waals surface area contributed by atoms with Gasteiger partial charge in [-0.25, -0.2) is 9.97 Å². The first-order valence-electron chi connectivity index (χ1n) is 19.5. The number of benzene rings is 8. The van der Waals surface area contributed by atoms with Gasteiger partial charge in [0.05, 0.1) is 28.4 Å². The van der Waals surface area contributed by atoms with Crippen molar-refractivity contribution in [2.45, 2.75) is 5.41 Å². The van der Waals surface area contributed by atoms with E-state index in [1.807, 2.05) is 60.7 Å². The number of nitrogens with zero attached hydrogens (tertiary/aromatic N) is 3. The lowest BCUT2D eigenvalue weighted by Crippen LogP contribution is -2.32. The molecule has 0 saturated carbocycles. The predicted octanol–water partition coefficient (Wildman–Crippen LogP) is 13.2. The van der Waals surface area contributed by atoms with Crippen molar-refractivity contribution in [3.63, 3.8) is 0 Å². The van der Waals surface area contributed by atoms with Gasteiger partial charge in [0.25, 0.3) is 0 Å². The fourth-order valence-electron chi connectivity index (χ4n) is 8.98. The highest BCUT2D eigenvalue weighted by molar-refractivity contribution is 5.92. The lowest BCUT2D eigenvalue weighted by Gasteiger charge is -2.39. The molecule has 9 aromatic rings. The van der Waals surface area contributed by atoms with Crippen molar-refractivity contribution < 1.29 is 4.74 Å².